The van der Waals surface area contributed by atoms with Gasteiger partial charge in [0.15, 0.2) is 0 Å². The highest BCUT2D eigenvalue weighted by molar-refractivity contribution is 5.80. The Hall–Kier alpha value is -2.09. The molecule has 2 heterocycles. The van der Waals surface area contributed by atoms with Crippen molar-refractivity contribution in [3.63, 3.8) is 0 Å². The van der Waals surface area contributed by atoms with Gasteiger partial charge in [0.2, 0.25) is 11.8 Å². The topological polar surface area (TPSA) is 66.2 Å². The highest BCUT2D eigenvalue weighted by Gasteiger charge is 2.37. The second kappa shape index (κ2) is 4.88. The number of ether oxygens (including phenoxy) is 1. The Morgan fingerprint density at radius 1 is 1.47 bits per heavy atom. The summed E-state index contributed by atoms with van der Waals surface area (Å²) in [4.78, 5) is 17.8. The Morgan fingerprint density at radius 3 is 2.89 bits per heavy atom. The minimum atomic E-state index is 0.00506. The van der Waals surface area contributed by atoms with Crippen molar-refractivity contribution in [1.29, 1.82) is 5.26 Å². The third-order valence-electron chi connectivity index (χ3n) is 3.77. The molecule has 1 aliphatic heterocycles. The summed E-state index contributed by atoms with van der Waals surface area (Å²) in [5.74, 6) is 0.977. The summed E-state index contributed by atoms with van der Waals surface area (Å²) >= 11 is 0. The van der Waals surface area contributed by atoms with Gasteiger partial charge in [0.25, 0.3) is 0 Å². The lowest BCUT2D eigenvalue weighted by Crippen LogP contribution is -2.58. The highest BCUT2D eigenvalue weighted by Crippen LogP contribution is 2.30. The van der Waals surface area contributed by atoms with Gasteiger partial charge in [-0.2, -0.15) is 5.26 Å². The van der Waals surface area contributed by atoms with Crippen LogP contribution < -0.4 is 4.74 Å². The Bertz CT molecular complexity index is 528. The molecule has 5 heteroatoms. The number of nitrogens with zero attached hydrogens (tertiary/aromatic N) is 3. The van der Waals surface area contributed by atoms with E-state index in [0.717, 1.165) is 12.8 Å². The van der Waals surface area contributed by atoms with E-state index in [4.69, 9.17) is 10.00 Å². The second-order valence-corrected chi connectivity index (χ2v) is 5.11. The molecule has 1 aliphatic carbocycles. The van der Waals surface area contributed by atoms with Crippen LogP contribution in [0.1, 0.15) is 24.8 Å². The average Bonchev–Trinajstić information content (AvgIpc) is 2.31. The van der Waals surface area contributed by atoms with Crippen LogP contribution in [0.5, 0.6) is 5.88 Å². The maximum absolute atomic E-state index is 11.9. The van der Waals surface area contributed by atoms with Crippen molar-refractivity contribution in [2.75, 3.05) is 13.1 Å². The van der Waals surface area contributed by atoms with E-state index in [9.17, 15) is 4.79 Å². The number of rotatable bonds is 3. The van der Waals surface area contributed by atoms with Gasteiger partial charge < -0.3 is 9.64 Å². The van der Waals surface area contributed by atoms with E-state index in [1.807, 2.05) is 11.0 Å². The summed E-state index contributed by atoms with van der Waals surface area (Å²) < 4.78 is 5.65. The number of hydrogen-bond acceptors (Lipinski definition) is 4. The van der Waals surface area contributed by atoms with Gasteiger partial charge in [-0.15, -0.1) is 0 Å². The van der Waals surface area contributed by atoms with Crippen molar-refractivity contribution < 1.29 is 9.53 Å². The van der Waals surface area contributed by atoms with Crippen LogP contribution in [0, 0.1) is 17.2 Å². The quantitative estimate of drug-likeness (QED) is 0.819. The van der Waals surface area contributed by atoms with E-state index in [-0.39, 0.29) is 17.9 Å². The predicted molar refractivity (Wildman–Crippen MR) is 67.3 cm³/mol. The van der Waals surface area contributed by atoms with Crippen LogP contribution in [-0.2, 0) is 4.79 Å². The smallest absolute Gasteiger partial charge is 0.225 e. The Kier molecular flexibility index (Phi) is 3.08. The highest BCUT2D eigenvalue weighted by atomic mass is 16.5. The zero-order valence-electron chi connectivity index (χ0n) is 10.6. The molecule has 0 radical (unpaired) electrons. The van der Waals surface area contributed by atoms with Crippen molar-refractivity contribution in [3.05, 3.63) is 23.9 Å². The molecule has 0 unspecified atom stereocenters. The molecule has 1 aromatic rings. The Labute approximate surface area is 111 Å². The van der Waals surface area contributed by atoms with E-state index in [1.165, 1.54) is 6.42 Å². The van der Waals surface area contributed by atoms with Gasteiger partial charge in [-0.3, -0.25) is 4.79 Å². The lowest BCUT2D eigenvalue weighted by Gasteiger charge is -2.42. The predicted octanol–water partition coefficient (Wildman–Crippen LogP) is 1.34. The van der Waals surface area contributed by atoms with Crippen LogP contribution in [0.4, 0.5) is 0 Å². The monoisotopic (exact) mass is 257 g/mol. The van der Waals surface area contributed by atoms with Crippen LogP contribution in [0.25, 0.3) is 0 Å². The summed E-state index contributed by atoms with van der Waals surface area (Å²) in [5, 5.41) is 8.79. The maximum Gasteiger partial charge on any atom is 0.225 e. The largest absolute Gasteiger partial charge is 0.471 e. The molecule has 98 valence electrons. The Balaban J connectivity index is 1.51. The zero-order chi connectivity index (χ0) is 13.2. The SMILES string of the molecule is N#Cc1ccnc(OC2CN(C(=O)C3CCC3)C2)c1. The number of nitriles is 1. The molecule has 0 bridgehead atoms. The van der Waals surface area contributed by atoms with Crippen molar-refractivity contribution in [2.45, 2.75) is 25.4 Å². The third-order valence-corrected chi connectivity index (χ3v) is 3.77. The molecular formula is C14H15N3O2. The van der Waals surface area contributed by atoms with Crippen LogP contribution in [-0.4, -0.2) is 35.0 Å². The number of amides is 1. The number of carbonyl (C=O) groups excluding carboxylic acids is 1. The zero-order valence-corrected chi connectivity index (χ0v) is 10.6. The minimum absolute atomic E-state index is 0.00506. The van der Waals surface area contributed by atoms with Gasteiger partial charge in [0, 0.05) is 18.2 Å². The van der Waals surface area contributed by atoms with Crippen molar-refractivity contribution in [2.24, 2.45) is 5.92 Å². The van der Waals surface area contributed by atoms with Crippen molar-refractivity contribution >= 4 is 5.91 Å². The van der Waals surface area contributed by atoms with E-state index in [2.05, 4.69) is 4.98 Å². The van der Waals surface area contributed by atoms with Gasteiger partial charge in [0.05, 0.1) is 24.7 Å². The van der Waals surface area contributed by atoms with Crippen LogP contribution >= 0.6 is 0 Å². The first kappa shape index (κ1) is 12.0. The van der Waals surface area contributed by atoms with Gasteiger partial charge >= 0.3 is 0 Å². The molecule has 0 aromatic carbocycles. The fourth-order valence-electron chi connectivity index (χ4n) is 2.32. The molecule has 3 rings (SSSR count). The van der Waals surface area contributed by atoms with E-state index >= 15 is 0 Å². The molecule has 2 aliphatic rings. The average molecular weight is 257 g/mol. The normalized spacial score (nSPS) is 19.2. The van der Waals surface area contributed by atoms with Gasteiger partial charge in [-0.05, 0) is 18.9 Å². The molecule has 1 amide bonds. The van der Waals surface area contributed by atoms with Gasteiger partial charge in [0.1, 0.15) is 6.10 Å². The lowest BCUT2D eigenvalue weighted by molar-refractivity contribution is -0.147. The fourth-order valence-corrected chi connectivity index (χ4v) is 2.32. The second-order valence-electron chi connectivity index (χ2n) is 5.11. The summed E-state index contributed by atoms with van der Waals surface area (Å²) in [6.07, 6.45) is 4.81. The molecule has 2 fully saturated rings. The first-order valence-corrected chi connectivity index (χ1v) is 6.58. The number of likely N-dealkylation sites (tertiary alicyclic amines) is 1. The molecule has 1 saturated carbocycles. The van der Waals surface area contributed by atoms with Gasteiger partial charge in [-0.25, -0.2) is 4.98 Å². The molecule has 5 nitrogen and oxygen atoms in total. The van der Waals surface area contributed by atoms with Crippen LogP contribution in [0.15, 0.2) is 18.3 Å². The Morgan fingerprint density at radius 2 is 2.26 bits per heavy atom. The maximum atomic E-state index is 11.9. The van der Waals surface area contributed by atoms with E-state index in [0.29, 0.717) is 24.5 Å². The third kappa shape index (κ3) is 2.39. The first-order valence-electron chi connectivity index (χ1n) is 6.58. The van der Waals surface area contributed by atoms with Crippen molar-refractivity contribution in [3.8, 4) is 11.9 Å². The van der Waals surface area contributed by atoms with E-state index < -0.39 is 0 Å². The number of carbonyl (C=O) groups is 1. The fraction of sp³-hybridized carbons (Fsp3) is 0.500. The summed E-state index contributed by atoms with van der Waals surface area (Å²) in [5.41, 5.74) is 0.534. The number of pyridine rings is 1. The molecule has 1 aromatic heterocycles. The van der Waals surface area contributed by atoms with Crippen molar-refractivity contribution in [1.82, 2.24) is 9.88 Å². The number of aromatic nitrogens is 1. The van der Waals surface area contributed by atoms with Crippen LogP contribution in [0.2, 0.25) is 0 Å². The standard InChI is InChI=1S/C14H15N3O2/c15-7-10-4-5-16-13(6-10)19-12-8-17(9-12)14(18)11-2-1-3-11/h4-6,11-12H,1-3,8-9H2. The molecule has 0 atom stereocenters. The first-order chi connectivity index (χ1) is 9.26. The molecule has 0 spiro atoms. The van der Waals surface area contributed by atoms with E-state index in [1.54, 1.807) is 18.3 Å². The molecule has 19 heavy (non-hydrogen) atoms. The summed E-state index contributed by atoms with van der Waals surface area (Å²) in [6.45, 7) is 1.27. The summed E-state index contributed by atoms with van der Waals surface area (Å²) in [7, 11) is 0. The molecule has 1 saturated heterocycles. The van der Waals surface area contributed by atoms with Gasteiger partial charge in [-0.1, -0.05) is 6.42 Å². The van der Waals surface area contributed by atoms with Crippen LogP contribution in [0.3, 0.4) is 0 Å². The minimum Gasteiger partial charge on any atom is -0.471 e. The lowest BCUT2D eigenvalue weighted by atomic mass is 9.83. The number of hydrogen-bond donors (Lipinski definition) is 0. The summed E-state index contributed by atoms with van der Waals surface area (Å²) in [6, 6.07) is 5.31. The molecular weight excluding hydrogens is 242 g/mol. The molecule has 0 N–H and O–H groups in total.